The number of benzene rings is 1. The lowest BCUT2D eigenvalue weighted by atomic mass is 9.97. The maximum atomic E-state index is 12.7. The second-order valence-electron chi connectivity index (χ2n) is 5.98. The molecule has 1 aromatic rings. The minimum absolute atomic E-state index is 0.0559. The minimum Gasteiger partial charge on any atom is -0.481 e. The van der Waals surface area contributed by atoms with E-state index < -0.39 is 12.1 Å². The largest absolute Gasteiger partial charge is 0.481 e. The Hall–Kier alpha value is -2.55. The predicted molar refractivity (Wildman–Crippen MR) is 87.5 cm³/mol. The van der Waals surface area contributed by atoms with Crippen LogP contribution in [0.25, 0.3) is 0 Å². The Morgan fingerprint density at radius 3 is 2.88 bits per heavy atom. The third-order valence-corrected chi connectivity index (χ3v) is 4.26. The standard InChI is InChI=1S/C18H22N2O4/c1-13(24-16-8-3-2-6-14(16)12-19)18(23)20-11-5-4-7-15(20)9-10-17(21)22/h2-3,6,8,13,15H,4-5,7,9-11H2,1H3,(H,21,22)/t13-,15-/m0/s1. The monoisotopic (exact) mass is 330 g/mol. The molecule has 6 heteroatoms. The number of amides is 1. The molecule has 2 atom stereocenters. The molecule has 2 rings (SSSR count). The Balaban J connectivity index is 2.04. The summed E-state index contributed by atoms with van der Waals surface area (Å²) in [6, 6.07) is 8.79. The Kier molecular flexibility index (Phi) is 6.19. The van der Waals surface area contributed by atoms with Gasteiger partial charge in [0, 0.05) is 19.0 Å². The Morgan fingerprint density at radius 1 is 1.42 bits per heavy atom. The van der Waals surface area contributed by atoms with Crippen LogP contribution in [0.4, 0.5) is 0 Å². The number of nitriles is 1. The van der Waals surface area contributed by atoms with Crippen molar-refractivity contribution >= 4 is 11.9 Å². The summed E-state index contributed by atoms with van der Waals surface area (Å²) in [4.78, 5) is 25.3. The number of carbonyl (C=O) groups is 2. The average Bonchev–Trinajstić information content (AvgIpc) is 2.60. The van der Waals surface area contributed by atoms with Gasteiger partial charge in [0.25, 0.3) is 5.91 Å². The first-order valence-electron chi connectivity index (χ1n) is 8.21. The maximum Gasteiger partial charge on any atom is 0.303 e. The van der Waals surface area contributed by atoms with Crippen molar-refractivity contribution in [3.63, 3.8) is 0 Å². The molecule has 128 valence electrons. The van der Waals surface area contributed by atoms with E-state index >= 15 is 0 Å². The summed E-state index contributed by atoms with van der Waals surface area (Å²) in [7, 11) is 0. The summed E-state index contributed by atoms with van der Waals surface area (Å²) in [6.45, 7) is 2.29. The summed E-state index contributed by atoms with van der Waals surface area (Å²) >= 11 is 0. The number of para-hydroxylation sites is 1. The molecule has 24 heavy (non-hydrogen) atoms. The van der Waals surface area contributed by atoms with Crippen molar-refractivity contribution in [3.8, 4) is 11.8 Å². The summed E-state index contributed by atoms with van der Waals surface area (Å²) in [5, 5.41) is 18.0. The zero-order valence-electron chi connectivity index (χ0n) is 13.8. The van der Waals surface area contributed by atoms with Crippen LogP contribution in [-0.4, -0.2) is 40.6 Å². The summed E-state index contributed by atoms with van der Waals surface area (Å²) in [5.74, 6) is -0.613. The van der Waals surface area contributed by atoms with E-state index in [-0.39, 0.29) is 18.4 Å². The van der Waals surface area contributed by atoms with Crippen LogP contribution in [-0.2, 0) is 9.59 Å². The molecule has 1 amide bonds. The molecule has 1 aromatic carbocycles. The fourth-order valence-electron chi connectivity index (χ4n) is 3.02. The van der Waals surface area contributed by atoms with Gasteiger partial charge in [-0.2, -0.15) is 5.26 Å². The van der Waals surface area contributed by atoms with Gasteiger partial charge in [-0.25, -0.2) is 0 Å². The summed E-state index contributed by atoms with van der Waals surface area (Å²) < 4.78 is 5.70. The number of carboxylic acids is 1. The van der Waals surface area contributed by atoms with Crippen LogP contribution >= 0.6 is 0 Å². The van der Waals surface area contributed by atoms with Crippen LogP contribution in [0.5, 0.6) is 5.75 Å². The number of ether oxygens (including phenoxy) is 1. The van der Waals surface area contributed by atoms with Crippen LogP contribution in [0.3, 0.4) is 0 Å². The molecular weight excluding hydrogens is 308 g/mol. The lowest BCUT2D eigenvalue weighted by Gasteiger charge is -2.37. The fraction of sp³-hybridized carbons (Fsp3) is 0.500. The SMILES string of the molecule is C[C@H](Oc1ccccc1C#N)C(=O)N1CCCC[C@H]1CCC(=O)O. The Morgan fingerprint density at radius 2 is 2.17 bits per heavy atom. The number of carbonyl (C=O) groups excluding carboxylic acids is 1. The topological polar surface area (TPSA) is 90.6 Å². The van der Waals surface area contributed by atoms with Gasteiger partial charge >= 0.3 is 5.97 Å². The Bertz CT molecular complexity index is 638. The molecule has 1 aliphatic heterocycles. The lowest BCUT2D eigenvalue weighted by molar-refractivity contribution is -0.144. The van der Waals surface area contributed by atoms with E-state index in [9.17, 15) is 9.59 Å². The second kappa shape index (κ2) is 8.34. The van der Waals surface area contributed by atoms with Crippen molar-refractivity contribution in [2.45, 2.75) is 51.2 Å². The molecule has 1 heterocycles. The minimum atomic E-state index is -0.847. The molecule has 1 N–H and O–H groups in total. The Labute approximate surface area is 141 Å². The van der Waals surface area contributed by atoms with Crippen molar-refractivity contribution < 1.29 is 19.4 Å². The highest BCUT2D eigenvalue weighted by Crippen LogP contribution is 2.24. The molecular formula is C18H22N2O4. The van der Waals surface area contributed by atoms with Crippen molar-refractivity contribution in [2.24, 2.45) is 0 Å². The van der Waals surface area contributed by atoms with E-state index in [1.165, 1.54) is 0 Å². The fourth-order valence-corrected chi connectivity index (χ4v) is 3.02. The quantitative estimate of drug-likeness (QED) is 0.865. The molecule has 1 aliphatic rings. The predicted octanol–water partition coefficient (Wildman–Crippen LogP) is 2.57. The smallest absolute Gasteiger partial charge is 0.303 e. The third kappa shape index (κ3) is 4.48. The number of hydrogen-bond donors (Lipinski definition) is 1. The van der Waals surface area contributed by atoms with Gasteiger partial charge in [-0.15, -0.1) is 0 Å². The van der Waals surface area contributed by atoms with Crippen molar-refractivity contribution in [1.82, 2.24) is 4.90 Å². The van der Waals surface area contributed by atoms with Crippen molar-refractivity contribution in [2.75, 3.05) is 6.54 Å². The number of nitrogens with zero attached hydrogens (tertiary/aromatic N) is 2. The normalized spacial score (nSPS) is 18.5. The molecule has 0 bridgehead atoms. The average molecular weight is 330 g/mol. The van der Waals surface area contributed by atoms with Crippen molar-refractivity contribution in [1.29, 1.82) is 5.26 Å². The maximum absolute atomic E-state index is 12.7. The van der Waals surface area contributed by atoms with E-state index in [1.807, 2.05) is 6.07 Å². The molecule has 0 aromatic heterocycles. The van der Waals surface area contributed by atoms with E-state index in [2.05, 4.69) is 0 Å². The van der Waals surface area contributed by atoms with Gasteiger partial charge in [0.05, 0.1) is 5.56 Å². The van der Waals surface area contributed by atoms with Gasteiger partial charge in [0.2, 0.25) is 0 Å². The van der Waals surface area contributed by atoms with E-state index in [0.29, 0.717) is 24.3 Å². The van der Waals surface area contributed by atoms with Gasteiger partial charge in [0.15, 0.2) is 6.10 Å². The highest BCUT2D eigenvalue weighted by atomic mass is 16.5. The molecule has 0 radical (unpaired) electrons. The van der Waals surface area contributed by atoms with E-state index in [4.69, 9.17) is 15.1 Å². The first kappa shape index (κ1) is 17.8. The number of piperidine rings is 1. The zero-order chi connectivity index (χ0) is 17.5. The molecule has 6 nitrogen and oxygen atoms in total. The van der Waals surface area contributed by atoms with Gasteiger partial charge in [-0.1, -0.05) is 12.1 Å². The highest BCUT2D eigenvalue weighted by Gasteiger charge is 2.31. The lowest BCUT2D eigenvalue weighted by Crippen LogP contribution is -2.49. The number of hydrogen-bond acceptors (Lipinski definition) is 4. The van der Waals surface area contributed by atoms with Crippen LogP contribution < -0.4 is 4.74 Å². The van der Waals surface area contributed by atoms with E-state index in [1.54, 1.807) is 36.1 Å². The zero-order valence-corrected chi connectivity index (χ0v) is 13.8. The first-order valence-corrected chi connectivity index (χ1v) is 8.21. The number of rotatable bonds is 6. The first-order chi connectivity index (χ1) is 11.5. The van der Waals surface area contributed by atoms with E-state index in [0.717, 1.165) is 19.3 Å². The van der Waals surface area contributed by atoms with Gasteiger partial charge in [0.1, 0.15) is 11.8 Å². The highest BCUT2D eigenvalue weighted by molar-refractivity contribution is 5.81. The van der Waals surface area contributed by atoms with Crippen LogP contribution in [0.1, 0.15) is 44.6 Å². The number of carboxylic acid groups (broad SMARTS) is 1. The second-order valence-corrected chi connectivity index (χ2v) is 5.98. The van der Waals surface area contributed by atoms with Crippen LogP contribution in [0, 0.1) is 11.3 Å². The third-order valence-electron chi connectivity index (χ3n) is 4.26. The molecule has 1 fully saturated rings. The molecule has 0 unspecified atom stereocenters. The van der Waals surface area contributed by atoms with Gasteiger partial charge < -0.3 is 14.7 Å². The summed E-state index contributed by atoms with van der Waals surface area (Å²) in [6.07, 6.45) is 2.53. The number of aliphatic carboxylic acids is 1. The molecule has 0 saturated carbocycles. The summed E-state index contributed by atoms with van der Waals surface area (Å²) in [5.41, 5.74) is 0.387. The van der Waals surface area contributed by atoms with Crippen molar-refractivity contribution in [3.05, 3.63) is 29.8 Å². The molecule has 0 spiro atoms. The van der Waals surface area contributed by atoms with Gasteiger partial charge in [-0.3, -0.25) is 9.59 Å². The molecule has 0 aliphatic carbocycles. The van der Waals surface area contributed by atoms with Crippen LogP contribution in [0.2, 0.25) is 0 Å². The van der Waals surface area contributed by atoms with Crippen LogP contribution in [0.15, 0.2) is 24.3 Å². The molecule has 1 saturated heterocycles. The number of likely N-dealkylation sites (tertiary alicyclic amines) is 1. The van der Waals surface area contributed by atoms with Gasteiger partial charge in [-0.05, 0) is 44.7 Å².